The fourth-order valence-corrected chi connectivity index (χ4v) is 0.861. The molecule has 1 heteroatoms. The fourth-order valence-electron chi connectivity index (χ4n) is 0.861. The van der Waals surface area contributed by atoms with Gasteiger partial charge in [0.15, 0.2) is 0 Å². The molecule has 0 atom stereocenters. The zero-order valence-corrected chi connectivity index (χ0v) is 8.28. The van der Waals surface area contributed by atoms with E-state index in [4.69, 9.17) is 0 Å². The van der Waals surface area contributed by atoms with Crippen LogP contribution in [-0.4, -0.2) is 7.05 Å². The molecule has 64 valence electrons. The van der Waals surface area contributed by atoms with E-state index in [1.807, 2.05) is 7.05 Å². The second kappa shape index (κ2) is 4.22. The van der Waals surface area contributed by atoms with Gasteiger partial charge in [-0.1, -0.05) is 20.4 Å². The summed E-state index contributed by atoms with van der Waals surface area (Å²) in [6.07, 6.45) is 0. The van der Waals surface area contributed by atoms with Crippen LogP contribution in [0.2, 0.25) is 0 Å². The highest BCUT2D eigenvalue weighted by Crippen LogP contribution is 2.18. The fraction of sp³-hybridized carbons (Fsp3) is 0.600. The van der Waals surface area contributed by atoms with Gasteiger partial charge in [0.05, 0.1) is 0 Å². The Hall–Kier alpha value is -0.720. The summed E-state index contributed by atoms with van der Waals surface area (Å²) in [5, 5.41) is 3.12. The first-order valence-electron chi connectivity index (χ1n) is 4.05. The molecule has 0 spiro atoms. The molecule has 11 heavy (non-hydrogen) atoms. The minimum atomic E-state index is 0.540. The lowest BCUT2D eigenvalue weighted by Crippen LogP contribution is -2.07. The first-order valence-corrected chi connectivity index (χ1v) is 4.05. The predicted molar refractivity (Wildman–Crippen MR) is 51.4 cm³/mol. The second-order valence-corrected chi connectivity index (χ2v) is 3.18. The van der Waals surface area contributed by atoms with Crippen molar-refractivity contribution in [3.8, 4) is 0 Å². The van der Waals surface area contributed by atoms with Gasteiger partial charge in [0.2, 0.25) is 0 Å². The molecule has 0 fully saturated rings. The van der Waals surface area contributed by atoms with Gasteiger partial charge in [-0.3, -0.25) is 0 Å². The van der Waals surface area contributed by atoms with Crippen molar-refractivity contribution in [2.75, 3.05) is 7.05 Å². The van der Waals surface area contributed by atoms with Crippen LogP contribution in [0.4, 0.5) is 0 Å². The minimum Gasteiger partial charge on any atom is -0.391 e. The first kappa shape index (κ1) is 10.3. The largest absolute Gasteiger partial charge is 0.391 e. The monoisotopic (exact) mass is 153 g/mol. The Morgan fingerprint density at radius 2 is 1.73 bits per heavy atom. The highest BCUT2D eigenvalue weighted by atomic mass is 14.8. The topological polar surface area (TPSA) is 12.0 Å². The molecule has 0 amide bonds. The minimum absolute atomic E-state index is 0.540. The normalized spacial score (nSPS) is 12.9. The third-order valence-corrected chi connectivity index (χ3v) is 2.12. The Kier molecular flexibility index (Phi) is 3.94. The number of hydrogen-bond acceptors (Lipinski definition) is 1. The zero-order valence-electron chi connectivity index (χ0n) is 8.28. The quantitative estimate of drug-likeness (QED) is 0.615. The average Bonchev–Trinajstić information content (AvgIpc) is 2.00. The molecule has 0 saturated carbocycles. The molecule has 0 aromatic rings. The van der Waals surface area contributed by atoms with E-state index in [2.05, 4.69) is 39.6 Å². The van der Waals surface area contributed by atoms with Gasteiger partial charge in [-0.2, -0.15) is 0 Å². The number of rotatable bonds is 3. The van der Waals surface area contributed by atoms with Crippen LogP contribution >= 0.6 is 0 Å². The van der Waals surface area contributed by atoms with Crippen molar-refractivity contribution in [3.05, 3.63) is 23.4 Å². The number of allylic oxidation sites excluding steroid dienone is 3. The summed E-state index contributed by atoms with van der Waals surface area (Å²) in [7, 11) is 1.94. The van der Waals surface area contributed by atoms with Gasteiger partial charge in [-0.25, -0.2) is 0 Å². The Balaban J connectivity index is 4.47. The van der Waals surface area contributed by atoms with Crippen molar-refractivity contribution in [3.63, 3.8) is 0 Å². The summed E-state index contributed by atoms with van der Waals surface area (Å²) in [5.41, 5.74) is 3.71. The Labute approximate surface area is 70.2 Å². The van der Waals surface area contributed by atoms with Gasteiger partial charge < -0.3 is 5.32 Å². The highest BCUT2D eigenvalue weighted by molar-refractivity contribution is 5.30. The first-order chi connectivity index (χ1) is 5.00. The van der Waals surface area contributed by atoms with Gasteiger partial charge in [-0.15, -0.1) is 0 Å². The molecule has 0 aromatic carbocycles. The molecule has 0 radical (unpaired) electrons. The third kappa shape index (κ3) is 2.79. The van der Waals surface area contributed by atoms with Crippen LogP contribution in [0.25, 0.3) is 0 Å². The van der Waals surface area contributed by atoms with Crippen LogP contribution in [0.1, 0.15) is 27.7 Å². The van der Waals surface area contributed by atoms with Gasteiger partial charge >= 0.3 is 0 Å². The summed E-state index contributed by atoms with van der Waals surface area (Å²) < 4.78 is 0. The van der Waals surface area contributed by atoms with Crippen molar-refractivity contribution < 1.29 is 0 Å². The molecule has 0 aliphatic carbocycles. The van der Waals surface area contributed by atoms with Crippen molar-refractivity contribution in [2.45, 2.75) is 27.7 Å². The van der Waals surface area contributed by atoms with Gasteiger partial charge in [0.25, 0.3) is 0 Å². The van der Waals surface area contributed by atoms with Crippen LogP contribution in [-0.2, 0) is 0 Å². The summed E-state index contributed by atoms with van der Waals surface area (Å²) in [5.74, 6) is 0.540. The smallest absolute Gasteiger partial charge is 0.0105 e. The number of hydrogen-bond donors (Lipinski definition) is 1. The molecular weight excluding hydrogens is 134 g/mol. The Morgan fingerprint density at radius 3 is 2.00 bits per heavy atom. The summed E-state index contributed by atoms with van der Waals surface area (Å²) in [6.45, 7) is 12.5. The molecule has 0 aliphatic rings. The second-order valence-electron chi connectivity index (χ2n) is 3.18. The van der Waals surface area contributed by atoms with Crippen LogP contribution in [0.5, 0.6) is 0 Å². The molecule has 0 aliphatic heterocycles. The molecule has 0 aromatic heterocycles. The summed E-state index contributed by atoms with van der Waals surface area (Å²) in [4.78, 5) is 0. The lowest BCUT2D eigenvalue weighted by molar-refractivity contribution is 0.772. The summed E-state index contributed by atoms with van der Waals surface area (Å²) >= 11 is 0. The van der Waals surface area contributed by atoms with E-state index in [0.29, 0.717) is 5.92 Å². The van der Waals surface area contributed by atoms with E-state index >= 15 is 0 Å². The molecule has 0 rings (SSSR count). The molecule has 0 unspecified atom stereocenters. The molecule has 0 heterocycles. The van der Waals surface area contributed by atoms with Crippen LogP contribution in [0.15, 0.2) is 23.4 Å². The standard InChI is InChI=1S/C10H19N/c1-7(2)8(3)9(4)10(5)11-6/h7,11H,3H2,1-2,4-6H3/b10-9+. The average molecular weight is 153 g/mol. The lowest BCUT2D eigenvalue weighted by Gasteiger charge is -2.13. The maximum absolute atomic E-state index is 4.03. The maximum Gasteiger partial charge on any atom is 0.0105 e. The van der Waals surface area contributed by atoms with Crippen LogP contribution < -0.4 is 5.32 Å². The molecule has 1 nitrogen and oxygen atoms in total. The van der Waals surface area contributed by atoms with Crippen LogP contribution in [0.3, 0.4) is 0 Å². The van der Waals surface area contributed by atoms with E-state index in [9.17, 15) is 0 Å². The van der Waals surface area contributed by atoms with E-state index in [1.54, 1.807) is 0 Å². The molecule has 0 saturated heterocycles. The number of nitrogens with one attached hydrogen (secondary N) is 1. The zero-order chi connectivity index (χ0) is 9.02. The van der Waals surface area contributed by atoms with E-state index in [-0.39, 0.29) is 0 Å². The van der Waals surface area contributed by atoms with Gasteiger partial charge in [0.1, 0.15) is 0 Å². The van der Waals surface area contributed by atoms with Crippen LogP contribution in [0, 0.1) is 5.92 Å². The predicted octanol–water partition coefficient (Wildman–Crippen LogP) is 2.71. The molecule has 1 N–H and O–H groups in total. The maximum atomic E-state index is 4.03. The van der Waals surface area contributed by atoms with Crippen molar-refractivity contribution in [1.29, 1.82) is 0 Å². The van der Waals surface area contributed by atoms with Crippen molar-refractivity contribution in [2.24, 2.45) is 5.92 Å². The van der Waals surface area contributed by atoms with Gasteiger partial charge in [0, 0.05) is 12.7 Å². The molecular formula is C10H19N. The van der Waals surface area contributed by atoms with E-state index < -0.39 is 0 Å². The van der Waals surface area contributed by atoms with E-state index in [1.165, 1.54) is 16.8 Å². The molecule has 0 bridgehead atoms. The summed E-state index contributed by atoms with van der Waals surface area (Å²) in [6, 6.07) is 0. The Bertz CT molecular complexity index is 175. The third-order valence-electron chi connectivity index (χ3n) is 2.12. The van der Waals surface area contributed by atoms with E-state index in [0.717, 1.165) is 0 Å². The van der Waals surface area contributed by atoms with Gasteiger partial charge in [-0.05, 0) is 30.9 Å². The van der Waals surface area contributed by atoms with Crippen molar-refractivity contribution in [1.82, 2.24) is 5.32 Å². The SMILES string of the molecule is C=C(/C(C)=C(\C)NC)C(C)C. The highest BCUT2D eigenvalue weighted by Gasteiger charge is 2.03. The lowest BCUT2D eigenvalue weighted by atomic mass is 9.97. The Morgan fingerprint density at radius 1 is 1.27 bits per heavy atom. The van der Waals surface area contributed by atoms with Crippen molar-refractivity contribution >= 4 is 0 Å².